The van der Waals surface area contributed by atoms with E-state index in [4.69, 9.17) is 0 Å². The van der Waals surface area contributed by atoms with Gasteiger partial charge in [0.2, 0.25) is 6.43 Å². The maximum Gasteiger partial charge on any atom is 0.242 e. The molecule has 3 aromatic rings. The summed E-state index contributed by atoms with van der Waals surface area (Å²) in [7, 11) is 0. The molecule has 0 saturated heterocycles. The zero-order valence-corrected chi connectivity index (χ0v) is 16.4. The van der Waals surface area contributed by atoms with Crippen LogP contribution in [0.2, 0.25) is 0 Å². The number of thiophene rings is 1. The van der Waals surface area contributed by atoms with Crippen molar-refractivity contribution in [1.82, 2.24) is 14.8 Å². The van der Waals surface area contributed by atoms with E-state index in [1.807, 2.05) is 0 Å². The van der Waals surface area contributed by atoms with Crippen LogP contribution in [0.25, 0.3) is 5.00 Å². The van der Waals surface area contributed by atoms with Crippen LogP contribution in [0.5, 0.6) is 0 Å². The molecule has 1 aromatic carbocycles. The number of hydrogen-bond donors (Lipinski definition) is 0. The average molecular weight is 420 g/mol. The van der Waals surface area contributed by atoms with Crippen LogP contribution in [0.4, 0.5) is 17.6 Å². The molecule has 29 heavy (non-hydrogen) atoms. The molecule has 0 unspecified atom stereocenters. The van der Waals surface area contributed by atoms with E-state index in [1.165, 1.54) is 29.5 Å². The van der Waals surface area contributed by atoms with E-state index in [2.05, 4.69) is 15.1 Å². The summed E-state index contributed by atoms with van der Waals surface area (Å²) in [6.45, 7) is 3.53. The van der Waals surface area contributed by atoms with Gasteiger partial charge in [-0.15, -0.1) is 11.3 Å². The van der Waals surface area contributed by atoms with Gasteiger partial charge in [-0.2, -0.15) is 5.10 Å². The summed E-state index contributed by atoms with van der Waals surface area (Å²) in [5.41, 5.74) is 1.07. The molecule has 3 heterocycles. The highest BCUT2D eigenvalue weighted by Crippen LogP contribution is 2.45. The maximum atomic E-state index is 14.7. The third-order valence-corrected chi connectivity index (χ3v) is 6.64. The van der Waals surface area contributed by atoms with Gasteiger partial charge < -0.3 is 0 Å². The monoisotopic (exact) mass is 420 g/mol. The van der Waals surface area contributed by atoms with Crippen LogP contribution in [0.1, 0.15) is 46.2 Å². The van der Waals surface area contributed by atoms with Gasteiger partial charge in [0.05, 0.1) is 11.3 Å². The Kier molecular flexibility index (Phi) is 4.13. The molecule has 0 saturated carbocycles. The molecule has 0 N–H and O–H groups in total. The van der Waals surface area contributed by atoms with E-state index in [1.54, 1.807) is 18.5 Å². The molecule has 9 heteroatoms. The summed E-state index contributed by atoms with van der Waals surface area (Å²) >= 11 is 1.33. The number of benzene rings is 1. The Morgan fingerprint density at radius 1 is 1.14 bits per heavy atom. The number of halogens is 4. The molecule has 0 fully saturated rings. The van der Waals surface area contributed by atoms with Crippen molar-refractivity contribution in [3.63, 3.8) is 0 Å². The van der Waals surface area contributed by atoms with E-state index in [0.29, 0.717) is 27.8 Å². The molecule has 0 bridgehead atoms. The first-order valence-electron chi connectivity index (χ1n) is 9.24. The SMILES string of the molecule is Cc1nc2n(n1)-c1sc3c(c1C(c1c(F)cccc1F)=N[C@H]2C)C[C@H](C(F)F)C3. The number of hydrogen-bond acceptors (Lipinski definition) is 4. The zero-order chi connectivity index (χ0) is 20.4. The average Bonchev–Trinajstić information content (AvgIpc) is 3.30. The topological polar surface area (TPSA) is 43.1 Å². The Labute approximate surface area is 167 Å². The predicted octanol–water partition coefficient (Wildman–Crippen LogP) is 4.81. The van der Waals surface area contributed by atoms with Crippen LogP contribution in [0.3, 0.4) is 0 Å². The molecule has 2 aliphatic rings. The number of aromatic nitrogens is 3. The summed E-state index contributed by atoms with van der Waals surface area (Å²) < 4.78 is 57.8. The summed E-state index contributed by atoms with van der Waals surface area (Å²) in [4.78, 5) is 9.84. The summed E-state index contributed by atoms with van der Waals surface area (Å²) in [6, 6.07) is 3.13. The predicted molar refractivity (Wildman–Crippen MR) is 101 cm³/mol. The molecule has 1 aliphatic heterocycles. The molecule has 1 aliphatic carbocycles. The Balaban J connectivity index is 1.80. The number of aryl methyl sites for hydroxylation is 1. The number of nitrogens with zero attached hydrogens (tertiary/aromatic N) is 4. The lowest BCUT2D eigenvalue weighted by Gasteiger charge is -2.13. The van der Waals surface area contributed by atoms with Crippen molar-refractivity contribution >= 4 is 17.0 Å². The van der Waals surface area contributed by atoms with Crippen molar-refractivity contribution in [3.05, 3.63) is 63.0 Å². The minimum absolute atomic E-state index is 0.139. The molecule has 0 spiro atoms. The second-order valence-electron chi connectivity index (χ2n) is 7.37. The van der Waals surface area contributed by atoms with E-state index in [9.17, 15) is 17.6 Å². The standard InChI is InChI=1S/C20H16F4N4S/c1-8-19-26-9(2)27-28(19)20-15(11-6-10(18(23)24)7-14(11)29-20)17(25-8)16-12(21)4-3-5-13(16)22/h3-5,8,10,18H,6-7H2,1-2H3/t8-,10-/m0/s1. The Hall–Kier alpha value is -2.55. The first-order chi connectivity index (χ1) is 13.8. The van der Waals surface area contributed by atoms with Gasteiger partial charge in [0.1, 0.15) is 28.5 Å². The van der Waals surface area contributed by atoms with E-state index in [0.717, 1.165) is 4.88 Å². The zero-order valence-electron chi connectivity index (χ0n) is 15.6. The molecule has 0 radical (unpaired) electrons. The third kappa shape index (κ3) is 2.74. The lowest BCUT2D eigenvalue weighted by molar-refractivity contribution is 0.0826. The van der Waals surface area contributed by atoms with Gasteiger partial charge in [0.25, 0.3) is 0 Å². The second kappa shape index (κ2) is 6.48. The van der Waals surface area contributed by atoms with Crippen LogP contribution in [0, 0.1) is 24.5 Å². The highest BCUT2D eigenvalue weighted by molar-refractivity contribution is 7.15. The molecule has 4 nitrogen and oxygen atoms in total. The van der Waals surface area contributed by atoms with Gasteiger partial charge in [0.15, 0.2) is 5.82 Å². The normalized spacial score (nSPS) is 20.3. The van der Waals surface area contributed by atoms with Crippen molar-refractivity contribution in [1.29, 1.82) is 0 Å². The third-order valence-electron chi connectivity index (χ3n) is 5.41. The molecule has 2 atom stereocenters. The Morgan fingerprint density at radius 2 is 1.86 bits per heavy atom. The maximum absolute atomic E-state index is 14.7. The van der Waals surface area contributed by atoms with Crippen molar-refractivity contribution in [2.45, 2.75) is 39.2 Å². The van der Waals surface area contributed by atoms with Crippen LogP contribution in [0.15, 0.2) is 23.2 Å². The largest absolute Gasteiger partial charge is 0.273 e. The number of fused-ring (bicyclic) bond motifs is 5. The fourth-order valence-corrected chi connectivity index (χ4v) is 5.49. The lowest BCUT2D eigenvalue weighted by atomic mass is 9.97. The molecule has 2 aromatic heterocycles. The first kappa shape index (κ1) is 18.5. The second-order valence-corrected chi connectivity index (χ2v) is 8.45. The lowest BCUT2D eigenvalue weighted by Crippen LogP contribution is -2.15. The fraction of sp³-hybridized carbons (Fsp3) is 0.350. The van der Waals surface area contributed by atoms with E-state index in [-0.39, 0.29) is 24.1 Å². The van der Waals surface area contributed by atoms with Gasteiger partial charge in [-0.3, -0.25) is 4.99 Å². The van der Waals surface area contributed by atoms with Gasteiger partial charge in [-0.05, 0) is 44.4 Å². The van der Waals surface area contributed by atoms with Crippen molar-refractivity contribution in [2.24, 2.45) is 10.9 Å². The minimum atomic E-state index is -2.45. The van der Waals surface area contributed by atoms with E-state index >= 15 is 0 Å². The van der Waals surface area contributed by atoms with Crippen LogP contribution >= 0.6 is 11.3 Å². The van der Waals surface area contributed by atoms with Crippen molar-refractivity contribution in [2.75, 3.05) is 0 Å². The van der Waals surface area contributed by atoms with Gasteiger partial charge in [0, 0.05) is 16.4 Å². The summed E-state index contributed by atoms with van der Waals surface area (Å²) in [5.74, 6) is -1.18. The van der Waals surface area contributed by atoms with Crippen molar-refractivity contribution < 1.29 is 17.6 Å². The number of rotatable bonds is 2. The van der Waals surface area contributed by atoms with E-state index < -0.39 is 30.0 Å². The quantitative estimate of drug-likeness (QED) is 0.559. The molecular weight excluding hydrogens is 404 g/mol. The molecule has 0 amide bonds. The van der Waals surface area contributed by atoms with Gasteiger partial charge >= 0.3 is 0 Å². The first-order valence-corrected chi connectivity index (χ1v) is 10.1. The smallest absolute Gasteiger partial charge is 0.242 e. The Bertz CT molecular complexity index is 1140. The van der Waals surface area contributed by atoms with Gasteiger partial charge in [-0.25, -0.2) is 27.2 Å². The van der Waals surface area contributed by atoms with Crippen LogP contribution < -0.4 is 0 Å². The Morgan fingerprint density at radius 3 is 2.55 bits per heavy atom. The number of alkyl halides is 2. The van der Waals surface area contributed by atoms with Gasteiger partial charge in [-0.1, -0.05) is 6.07 Å². The molecular formula is C20H16F4N4S. The molecule has 150 valence electrons. The fourth-order valence-electron chi connectivity index (χ4n) is 4.10. The summed E-state index contributed by atoms with van der Waals surface area (Å²) in [6.07, 6.45) is -2.08. The van der Waals surface area contributed by atoms with Crippen LogP contribution in [-0.2, 0) is 12.8 Å². The molecule has 5 rings (SSSR count). The number of aliphatic imine (C=N–C) groups is 1. The highest BCUT2D eigenvalue weighted by atomic mass is 32.1. The van der Waals surface area contributed by atoms with Crippen molar-refractivity contribution in [3.8, 4) is 5.00 Å². The minimum Gasteiger partial charge on any atom is -0.273 e. The van der Waals surface area contributed by atoms with Crippen LogP contribution in [-0.4, -0.2) is 26.9 Å². The summed E-state index contributed by atoms with van der Waals surface area (Å²) in [5, 5.41) is 5.08. The highest BCUT2D eigenvalue weighted by Gasteiger charge is 2.38.